The second-order valence-electron chi connectivity index (χ2n) is 4.44. The van der Waals surface area contributed by atoms with Gasteiger partial charge in [0.05, 0.1) is 0 Å². The Hall–Kier alpha value is -1.14. The Balaban J connectivity index is 3.26. The monoisotopic (exact) mass is 260 g/mol. The van der Waals surface area contributed by atoms with Crippen molar-refractivity contribution in [2.45, 2.75) is 51.6 Å². The number of unbranched alkanes of at least 4 members (excludes halogenated alkanes) is 3. The van der Waals surface area contributed by atoms with Gasteiger partial charge in [-0.2, -0.15) is 0 Å². The topological polar surface area (TPSA) is 98.7 Å². The molecule has 0 saturated heterocycles. The molecule has 0 rings (SSSR count). The van der Waals surface area contributed by atoms with Gasteiger partial charge in [0.25, 0.3) is 0 Å². The lowest BCUT2D eigenvalue weighted by Gasteiger charge is -2.10. The summed E-state index contributed by atoms with van der Waals surface area (Å²) < 4.78 is 0. The van der Waals surface area contributed by atoms with E-state index in [2.05, 4.69) is 10.6 Å². The molecule has 6 heteroatoms. The lowest BCUT2D eigenvalue weighted by molar-refractivity contribution is -0.139. The zero-order valence-corrected chi connectivity index (χ0v) is 11.1. The van der Waals surface area contributed by atoms with Crippen LogP contribution >= 0.6 is 0 Å². The van der Waals surface area contributed by atoms with Crippen LogP contribution < -0.4 is 10.6 Å². The van der Waals surface area contributed by atoms with Gasteiger partial charge in [0.15, 0.2) is 0 Å². The minimum Gasteiger partial charge on any atom is -0.480 e. The van der Waals surface area contributed by atoms with Gasteiger partial charge in [0, 0.05) is 0 Å². The third kappa shape index (κ3) is 8.95. The Morgan fingerprint density at radius 3 is 1.44 bits per heavy atom. The summed E-state index contributed by atoms with van der Waals surface area (Å²) in [6, 6.07) is -0.994. The van der Waals surface area contributed by atoms with Crippen molar-refractivity contribution >= 4 is 11.9 Å². The van der Waals surface area contributed by atoms with Gasteiger partial charge in [-0.25, -0.2) is 0 Å². The molecule has 0 unspecified atom stereocenters. The van der Waals surface area contributed by atoms with Crippen LogP contribution in [0.3, 0.4) is 0 Å². The average Bonchev–Trinajstić information content (AvgIpc) is 2.31. The van der Waals surface area contributed by atoms with Gasteiger partial charge in [-0.05, 0) is 39.8 Å². The highest BCUT2D eigenvalue weighted by atomic mass is 16.4. The van der Waals surface area contributed by atoms with Crippen LogP contribution in [0.4, 0.5) is 0 Å². The SMILES string of the molecule is C[C@H](NCCCCCCN[C@@H](C)C(=O)O)C(=O)O. The van der Waals surface area contributed by atoms with Gasteiger partial charge in [0.1, 0.15) is 12.1 Å². The molecule has 0 aliphatic rings. The molecule has 0 spiro atoms. The highest BCUT2D eigenvalue weighted by molar-refractivity contribution is 5.73. The maximum absolute atomic E-state index is 10.5. The molecule has 2 atom stereocenters. The molecule has 0 aromatic rings. The van der Waals surface area contributed by atoms with Crippen LogP contribution in [0.25, 0.3) is 0 Å². The predicted molar refractivity (Wildman–Crippen MR) is 68.7 cm³/mol. The number of carboxylic acids is 2. The first-order valence-corrected chi connectivity index (χ1v) is 6.37. The number of rotatable bonds is 11. The van der Waals surface area contributed by atoms with E-state index in [1.165, 1.54) is 0 Å². The molecule has 0 saturated carbocycles. The van der Waals surface area contributed by atoms with Crippen LogP contribution in [0.1, 0.15) is 39.5 Å². The Morgan fingerprint density at radius 2 is 1.17 bits per heavy atom. The summed E-state index contributed by atoms with van der Waals surface area (Å²) in [5.74, 6) is -1.66. The second kappa shape index (κ2) is 9.85. The Labute approximate surface area is 108 Å². The molecule has 0 aliphatic heterocycles. The van der Waals surface area contributed by atoms with Crippen molar-refractivity contribution in [3.05, 3.63) is 0 Å². The summed E-state index contributed by atoms with van der Waals surface area (Å²) in [6.07, 6.45) is 3.91. The first-order valence-electron chi connectivity index (χ1n) is 6.37. The zero-order valence-electron chi connectivity index (χ0n) is 11.1. The lowest BCUT2D eigenvalue weighted by atomic mass is 10.2. The summed E-state index contributed by atoms with van der Waals surface area (Å²) in [5, 5.41) is 23.1. The van der Waals surface area contributed by atoms with Gasteiger partial charge in [0.2, 0.25) is 0 Å². The van der Waals surface area contributed by atoms with E-state index in [0.29, 0.717) is 13.1 Å². The third-order valence-corrected chi connectivity index (χ3v) is 2.75. The largest absolute Gasteiger partial charge is 0.480 e. The third-order valence-electron chi connectivity index (χ3n) is 2.75. The van der Waals surface area contributed by atoms with Crippen molar-refractivity contribution in [1.82, 2.24) is 10.6 Å². The fourth-order valence-electron chi connectivity index (χ4n) is 1.42. The van der Waals surface area contributed by atoms with E-state index >= 15 is 0 Å². The van der Waals surface area contributed by atoms with Crippen molar-refractivity contribution in [3.63, 3.8) is 0 Å². The molecular formula is C12H24N2O4. The molecule has 0 aromatic heterocycles. The van der Waals surface area contributed by atoms with Crippen LogP contribution in [0.5, 0.6) is 0 Å². The van der Waals surface area contributed by atoms with Crippen molar-refractivity contribution in [2.75, 3.05) is 13.1 Å². The molecule has 6 nitrogen and oxygen atoms in total. The minimum absolute atomic E-state index is 0.497. The average molecular weight is 260 g/mol. The van der Waals surface area contributed by atoms with Crippen molar-refractivity contribution in [1.29, 1.82) is 0 Å². The predicted octanol–water partition coefficient (Wildman–Crippen LogP) is 0.672. The number of nitrogens with one attached hydrogen (secondary N) is 2. The summed E-state index contributed by atoms with van der Waals surface area (Å²) in [6.45, 7) is 4.65. The van der Waals surface area contributed by atoms with Gasteiger partial charge in [-0.15, -0.1) is 0 Å². The molecule has 0 aromatic carbocycles. The first-order chi connectivity index (χ1) is 8.45. The van der Waals surface area contributed by atoms with E-state index in [9.17, 15) is 9.59 Å². The van der Waals surface area contributed by atoms with E-state index in [1.807, 2.05) is 0 Å². The summed E-state index contributed by atoms with van der Waals surface area (Å²) in [5.41, 5.74) is 0. The normalized spacial score (nSPS) is 14.1. The molecule has 0 bridgehead atoms. The summed E-state index contributed by atoms with van der Waals surface area (Å²) in [7, 11) is 0. The Morgan fingerprint density at radius 1 is 0.833 bits per heavy atom. The molecule has 106 valence electrons. The van der Waals surface area contributed by atoms with Crippen LogP contribution in [-0.2, 0) is 9.59 Å². The van der Waals surface area contributed by atoms with Gasteiger partial charge in [-0.1, -0.05) is 12.8 Å². The van der Waals surface area contributed by atoms with Crippen LogP contribution in [0.2, 0.25) is 0 Å². The number of aliphatic carboxylic acids is 2. The highest BCUT2D eigenvalue weighted by Crippen LogP contribution is 1.98. The van der Waals surface area contributed by atoms with E-state index in [1.54, 1.807) is 13.8 Å². The fourth-order valence-corrected chi connectivity index (χ4v) is 1.42. The van der Waals surface area contributed by atoms with Crippen LogP contribution in [0, 0.1) is 0 Å². The number of carboxylic acid groups (broad SMARTS) is 2. The maximum Gasteiger partial charge on any atom is 0.320 e. The van der Waals surface area contributed by atoms with E-state index in [4.69, 9.17) is 10.2 Å². The summed E-state index contributed by atoms with van der Waals surface area (Å²) >= 11 is 0. The molecule has 0 fully saturated rings. The summed E-state index contributed by atoms with van der Waals surface area (Å²) in [4.78, 5) is 21.0. The van der Waals surface area contributed by atoms with Crippen LogP contribution in [0.15, 0.2) is 0 Å². The Kier molecular flexibility index (Phi) is 9.22. The van der Waals surface area contributed by atoms with Gasteiger partial charge < -0.3 is 20.8 Å². The maximum atomic E-state index is 10.5. The smallest absolute Gasteiger partial charge is 0.320 e. The number of hydrogen-bond donors (Lipinski definition) is 4. The van der Waals surface area contributed by atoms with E-state index in [0.717, 1.165) is 25.7 Å². The van der Waals surface area contributed by atoms with Crippen LogP contribution in [-0.4, -0.2) is 47.3 Å². The molecule has 0 amide bonds. The molecule has 4 N–H and O–H groups in total. The van der Waals surface area contributed by atoms with Crippen molar-refractivity contribution < 1.29 is 19.8 Å². The van der Waals surface area contributed by atoms with Crippen molar-refractivity contribution in [3.8, 4) is 0 Å². The lowest BCUT2D eigenvalue weighted by Crippen LogP contribution is -2.34. The van der Waals surface area contributed by atoms with E-state index < -0.39 is 24.0 Å². The molecule has 0 heterocycles. The van der Waals surface area contributed by atoms with Gasteiger partial charge >= 0.3 is 11.9 Å². The number of carbonyl (C=O) groups is 2. The minimum atomic E-state index is -0.832. The zero-order chi connectivity index (χ0) is 14.0. The number of hydrogen-bond acceptors (Lipinski definition) is 4. The molecular weight excluding hydrogens is 236 g/mol. The van der Waals surface area contributed by atoms with Crippen molar-refractivity contribution in [2.24, 2.45) is 0 Å². The fraction of sp³-hybridized carbons (Fsp3) is 0.833. The second-order valence-corrected chi connectivity index (χ2v) is 4.44. The first kappa shape index (κ1) is 16.9. The van der Waals surface area contributed by atoms with E-state index in [-0.39, 0.29) is 0 Å². The highest BCUT2D eigenvalue weighted by Gasteiger charge is 2.09. The Bertz CT molecular complexity index is 232. The molecule has 18 heavy (non-hydrogen) atoms. The quantitative estimate of drug-likeness (QED) is 0.408. The molecule has 0 radical (unpaired) electrons. The standard InChI is InChI=1S/C12H24N2O4/c1-9(11(15)16)13-7-5-3-4-6-8-14-10(2)12(17)18/h9-10,13-14H,3-8H2,1-2H3,(H,15,16)(H,17,18)/t9-,10-/m0/s1. The van der Waals surface area contributed by atoms with Gasteiger partial charge in [-0.3, -0.25) is 9.59 Å². The molecule has 0 aliphatic carbocycles.